The van der Waals surface area contributed by atoms with Crippen LogP contribution in [0.15, 0.2) is 18.5 Å². The lowest BCUT2D eigenvalue weighted by Gasteiger charge is -2.14. The number of aryl methyl sites for hydroxylation is 1. The Morgan fingerprint density at radius 1 is 1.47 bits per heavy atom. The molecule has 0 aliphatic rings. The van der Waals surface area contributed by atoms with Crippen LogP contribution in [0.5, 0.6) is 0 Å². The van der Waals surface area contributed by atoms with Crippen LogP contribution >= 0.6 is 0 Å². The van der Waals surface area contributed by atoms with E-state index in [0.717, 1.165) is 26.2 Å². The highest BCUT2D eigenvalue weighted by molar-refractivity contribution is 5.20. The van der Waals surface area contributed by atoms with Crippen molar-refractivity contribution in [2.45, 2.75) is 20.4 Å². The lowest BCUT2D eigenvalue weighted by atomic mass is 10.1. The molecular weight excluding hydrogens is 186 g/mol. The minimum Gasteiger partial charge on any atom is -0.311 e. The highest BCUT2D eigenvalue weighted by atomic mass is 15.1. The van der Waals surface area contributed by atoms with Crippen LogP contribution in [-0.4, -0.2) is 36.6 Å². The summed E-state index contributed by atoms with van der Waals surface area (Å²) >= 11 is 0. The Hall–Kier alpha value is -0.930. The summed E-state index contributed by atoms with van der Waals surface area (Å²) in [5, 5.41) is 3.43. The third kappa shape index (κ3) is 4.40. The normalized spacial score (nSPS) is 10.9. The molecule has 0 saturated carbocycles. The summed E-state index contributed by atoms with van der Waals surface area (Å²) in [4.78, 5) is 6.42. The molecule has 84 valence electrons. The zero-order valence-electron chi connectivity index (χ0n) is 9.95. The molecule has 0 aromatic carbocycles. The zero-order valence-corrected chi connectivity index (χ0v) is 9.95. The molecule has 0 fully saturated rings. The Morgan fingerprint density at radius 3 is 2.93 bits per heavy atom. The maximum absolute atomic E-state index is 4.13. The predicted octanol–water partition coefficient (Wildman–Crippen LogP) is 1.43. The van der Waals surface area contributed by atoms with E-state index in [9.17, 15) is 0 Å². The van der Waals surface area contributed by atoms with E-state index >= 15 is 0 Å². The fourth-order valence-corrected chi connectivity index (χ4v) is 1.33. The van der Waals surface area contributed by atoms with Crippen LogP contribution in [0.25, 0.3) is 0 Å². The average Bonchev–Trinajstić information content (AvgIpc) is 2.26. The van der Waals surface area contributed by atoms with E-state index in [1.165, 1.54) is 11.1 Å². The highest BCUT2D eigenvalue weighted by Crippen LogP contribution is 2.03. The van der Waals surface area contributed by atoms with Crippen LogP contribution in [-0.2, 0) is 6.54 Å². The number of hydrogen-bond donors (Lipinski definition) is 1. The first-order valence-corrected chi connectivity index (χ1v) is 5.52. The van der Waals surface area contributed by atoms with Crippen LogP contribution in [0.4, 0.5) is 0 Å². The van der Waals surface area contributed by atoms with Gasteiger partial charge < -0.3 is 10.2 Å². The van der Waals surface area contributed by atoms with E-state index in [4.69, 9.17) is 0 Å². The van der Waals surface area contributed by atoms with Crippen molar-refractivity contribution in [1.82, 2.24) is 15.2 Å². The molecule has 0 unspecified atom stereocenters. The maximum atomic E-state index is 4.13. The van der Waals surface area contributed by atoms with E-state index in [1.54, 1.807) is 0 Å². The predicted molar refractivity (Wildman–Crippen MR) is 63.9 cm³/mol. The van der Waals surface area contributed by atoms with Crippen molar-refractivity contribution < 1.29 is 0 Å². The van der Waals surface area contributed by atoms with Crippen molar-refractivity contribution in [2.24, 2.45) is 0 Å². The molecule has 0 saturated heterocycles. The van der Waals surface area contributed by atoms with Gasteiger partial charge in [-0.15, -0.1) is 0 Å². The first-order chi connectivity index (χ1) is 7.24. The smallest absolute Gasteiger partial charge is 0.0315 e. The molecule has 0 bridgehead atoms. The quantitative estimate of drug-likeness (QED) is 0.715. The van der Waals surface area contributed by atoms with Crippen molar-refractivity contribution in [2.75, 3.05) is 26.7 Å². The van der Waals surface area contributed by atoms with Crippen LogP contribution in [0.1, 0.15) is 18.1 Å². The number of likely N-dealkylation sites (N-methyl/N-ethyl adjacent to an activating group) is 1. The molecule has 15 heavy (non-hydrogen) atoms. The molecule has 1 aromatic heterocycles. The highest BCUT2D eigenvalue weighted by Gasteiger charge is 1.97. The van der Waals surface area contributed by atoms with E-state index in [2.05, 4.69) is 42.2 Å². The van der Waals surface area contributed by atoms with Gasteiger partial charge in [0, 0.05) is 32.0 Å². The molecule has 0 aliphatic heterocycles. The summed E-state index contributed by atoms with van der Waals surface area (Å²) in [6.07, 6.45) is 3.77. The average molecular weight is 207 g/mol. The molecule has 1 rings (SSSR count). The van der Waals surface area contributed by atoms with Crippen molar-refractivity contribution in [3.05, 3.63) is 29.6 Å². The zero-order chi connectivity index (χ0) is 11.1. The monoisotopic (exact) mass is 207 g/mol. The number of nitrogens with one attached hydrogen (secondary N) is 1. The van der Waals surface area contributed by atoms with Gasteiger partial charge in [-0.2, -0.15) is 0 Å². The minimum absolute atomic E-state index is 0.914. The van der Waals surface area contributed by atoms with Crippen molar-refractivity contribution >= 4 is 0 Å². The molecule has 0 aliphatic carbocycles. The Kier molecular flexibility index (Phi) is 5.29. The number of pyridine rings is 1. The molecule has 0 radical (unpaired) electrons. The summed E-state index contributed by atoms with van der Waals surface area (Å²) < 4.78 is 0. The van der Waals surface area contributed by atoms with Crippen molar-refractivity contribution in [3.63, 3.8) is 0 Å². The number of rotatable bonds is 6. The summed E-state index contributed by atoms with van der Waals surface area (Å²) in [6, 6.07) is 2.05. The lowest BCUT2D eigenvalue weighted by Crippen LogP contribution is -2.28. The molecule has 0 amide bonds. The third-order valence-electron chi connectivity index (χ3n) is 2.67. The standard InChI is InChI=1S/C12H21N3/c1-4-15(3)8-7-14-10-12-9-13-6-5-11(12)2/h5-6,9,14H,4,7-8,10H2,1-3H3. The van der Waals surface area contributed by atoms with Gasteiger partial charge in [0.15, 0.2) is 0 Å². The van der Waals surface area contributed by atoms with Gasteiger partial charge in [-0.1, -0.05) is 6.92 Å². The first-order valence-electron chi connectivity index (χ1n) is 5.52. The van der Waals surface area contributed by atoms with E-state index in [1.807, 2.05) is 12.4 Å². The molecule has 1 aromatic rings. The van der Waals surface area contributed by atoms with Crippen LogP contribution < -0.4 is 5.32 Å². The third-order valence-corrected chi connectivity index (χ3v) is 2.67. The van der Waals surface area contributed by atoms with E-state index in [-0.39, 0.29) is 0 Å². The fraction of sp³-hybridized carbons (Fsp3) is 0.583. The number of hydrogen-bond acceptors (Lipinski definition) is 3. The molecule has 0 atom stereocenters. The van der Waals surface area contributed by atoms with Gasteiger partial charge >= 0.3 is 0 Å². The van der Waals surface area contributed by atoms with Gasteiger partial charge in [0.05, 0.1) is 0 Å². The Morgan fingerprint density at radius 2 is 2.27 bits per heavy atom. The molecule has 3 nitrogen and oxygen atoms in total. The number of nitrogens with zero attached hydrogens (tertiary/aromatic N) is 2. The summed E-state index contributed by atoms with van der Waals surface area (Å²) in [7, 11) is 2.14. The largest absolute Gasteiger partial charge is 0.311 e. The summed E-state index contributed by atoms with van der Waals surface area (Å²) in [5.41, 5.74) is 2.60. The summed E-state index contributed by atoms with van der Waals surface area (Å²) in [6.45, 7) is 8.43. The van der Waals surface area contributed by atoms with E-state index < -0.39 is 0 Å². The van der Waals surface area contributed by atoms with Gasteiger partial charge in [-0.05, 0) is 37.7 Å². The van der Waals surface area contributed by atoms with Gasteiger partial charge in [0.25, 0.3) is 0 Å². The minimum atomic E-state index is 0.914. The maximum Gasteiger partial charge on any atom is 0.0315 e. The van der Waals surface area contributed by atoms with Crippen molar-refractivity contribution in [1.29, 1.82) is 0 Å². The lowest BCUT2D eigenvalue weighted by molar-refractivity contribution is 0.349. The molecule has 1 N–H and O–H groups in total. The molecular formula is C12H21N3. The van der Waals surface area contributed by atoms with Crippen LogP contribution in [0.2, 0.25) is 0 Å². The van der Waals surface area contributed by atoms with Gasteiger partial charge in [0.1, 0.15) is 0 Å². The molecule has 3 heteroatoms. The fourth-order valence-electron chi connectivity index (χ4n) is 1.33. The number of aromatic nitrogens is 1. The molecule has 1 heterocycles. The van der Waals surface area contributed by atoms with Crippen LogP contribution in [0, 0.1) is 6.92 Å². The Bertz CT molecular complexity index is 286. The second-order valence-electron chi connectivity index (χ2n) is 3.87. The second-order valence-corrected chi connectivity index (χ2v) is 3.87. The SMILES string of the molecule is CCN(C)CCNCc1cnccc1C. The topological polar surface area (TPSA) is 28.2 Å². The Balaban J connectivity index is 2.23. The van der Waals surface area contributed by atoms with Gasteiger partial charge in [0.2, 0.25) is 0 Å². The van der Waals surface area contributed by atoms with Gasteiger partial charge in [-0.3, -0.25) is 4.98 Å². The van der Waals surface area contributed by atoms with Crippen LogP contribution in [0.3, 0.4) is 0 Å². The second kappa shape index (κ2) is 6.53. The van der Waals surface area contributed by atoms with Gasteiger partial charge in [-0.25, -0.2) is 0 Å². The molecule has 0 spiro atoms. The Labute approximate surface area is 92.5 Å². The summed E-state index contributed by atoms with van der Waals surface area (Å²) in [5.74, 6) is 0. The first kappa shape index (κ1) is 12.1. The van der Waals surface area contributed by atoms with E-state index in [0.29, 0.717) is 0 Å². The van der Waals surface area contributed by atoms with Crippen molar-refractivity contribution in [3.8, 4) is 0 Å².